The normalized spacial score (nSPS) is 12.1. The average Bonchev–Trinajstić information content (AvgIpc) is 2.07. The second kappa shape index (κ2) is 4.37. The topological polar surface area (TPSA) is 54.4 Å². The molecular formula is C10H9BrO3. The van der Waals surface area contributed by atoms with E-state index in [2.05, 4.69) is 15.9 Å². The molecule has 0 aliphatic carbocycles. The quantitative estimate of drug-likeness (QED) is 0.844. The monoisotopic (exact) mass is 256 g/mol. The number of rotatable bonds is 3. The number of carbonyl (C=O) groups excluding carboxylic acids is 1. The number of carbonyl (C=O) groups is 2. The fraction of sp³-hybridized carbons (Fsp3) is 0.200. The van der Waals surface area contributed by atoms with Crippen LogP contribution in [0.15, 0.2) is 28.7 Å². The molecule has 14 heavy (non-hydrogen) atoms. The van der Waals surface area contributed by atoms with Crippen LogP contribution in [0, 0.1) is 0 Å². The number of halogens is 1. The highest BCUT2D eigenvalue weighted by atomic mass is 79.9. The largest absolute Gasteiger partial charge is 0.480 e. The smallest absolute Gasteiger partial charge is 0.318 e. The molecule has 0 spiro atoms. The Labute approximate surface area is 89.9 Å². The predicted molar refractivity (Wildman–Crippen MR) is 55.2 cm³/mol. The Bertz CT molecular complexity index is 359. The Kier molecular flexibility index (Phi) is 3.41. The Balaban J connectivity index is 3.18. The summed E-state index contributed by atoms with van der Waals surface area (Å²) in [4.78, 5) is 22.0. The summed E-state index contributed by atoms with van der Waals surface area (Å²) in [6.07, 6.45) is 0. The molecule has 0 amide bonds. The van der Waals surface area contributed by atoms with Gasteiger partial charge in [-0.2, -0.15) is 0 Å². The SMILES string of the molecule is CC(=O)C(C(=O)O)c1ccccc1Br. The van der Waals surface area contributed by atoms with Crippen molar-refractivity contribution in [3.63, 3.8) is 0 Å². The van der Waals surface area contributed by atoms with E-state index in [4.69, 9.17) is 5.11 Å². The highest BCUT2D eigenvalue weighted by Crippen LogP contribution is 2.25. The van der Waals surface area contributed by atoms with E-state index < -0.39 is 11.9 Å². The van der Waals surface area contributed by atoms with Gasteiger partial charge in [0.25, 0.3) is 0 Å². The zero-order valence-corrected chi connectivity index (χ0v) is 9.11. The molecule has 1 aromatic carbocycles. The van der Waals surface area contributed by atoms with E-state index in [-0.39, 0.29) is 5.78 Å². The van der Waals surface area contributed by atoms with Crippen molar-refractivity contribution in [2.45, 2.75) is 12.8 Å². The van der Waals surface area contributed by atoms with Gasteiger partial charge in [-0.15, -0.1) is 0 Å². The maximum absolute atomic E-state index is 11.1. The van der Waals surface area contributed by atoms with Crippen LogP contribution < -0.4 is 0 Å². The van der Waals surface area contributed by atoms with Crippen molar-refractivity contribution < 1.29 is 14.7 Å². The summed E-state index contributed by atoms with van der Waals surface area (Å²) in [5.74, 6) is -2.57. The third-order valence-electron chi connectivity index (χ3n) is 1.87. The average molecular weight is 257 g/mol. The lowest BCUT2D eigenvalue weighted by atomic mass is 9.96. The Hall–Kier alpha value is -1.16. The fourth-order valence-electron chi connectivity index (χ4n) is 1.24. The van der Waals surface area contributed by atoms with Crippen LogP contribution in [-0.4, -0.2) is 16.9 Å². The Morgan fingerprint density at radius 1 is 1.36 bits per heavy atom. The Morgan fingerprint density at radius 3 is 2.36 bits per heavy atom. The standard InChI is InChI=1S/C10H9BrO3/c1-6(12)9(10(13)14)7-4-2-3-5-8(7)11/h2-5,9H,1H3,(H,13,14). The molecule has 1 unspecified atom stereocenters. The molecule has 1 aromatic rings. The maximum atomic E-state index is 11.1. The van der Waals surface area contributed by atoms with Crippen LogP contribution in [0.1, 0.15) is 18.4 Å². The molecular weight excluding hydrogens is 248 g/mol. The van der Waals surface area contributed by atoms with Gasteiger partial charge in [0.05, 0.1) is 0 Å². The van der Waals surface area contributed by atoms with E-state index in [1.165, 1.54) is 6.92 Å². The lowest BCUT2D eigenvalue weighted by Gasteiger charge is -2.10. The van der Waals surface area contributed by atoms with Gasteiger partial charge < -0.3 is 5.11 Å². The molecule has 0 saturated carbocycles. The second-order valence-corrected chi connectivity index (χ2v) is 3.76. The number of hydrogen-bond acceptors (Lipinski definition) is 2. The van der Waals surface area contributed by atoms with E-state index in [0.29, 0.717) is 10.0 Å². The molecule has 0 aromatic heterocycles. The van der Waals surface area contributed by atoms with Crippen LogP contribution in [0.5, 0.6) is 0 Å². The molecule has 0 heterocycles. The minimum Gasteiger partial charge on any atom is -0.480 e. The molecule has 0 aliphatic heterocycles. The minimum absolute atomic E-state index is 0.371. The van der Waals surface area contributed by atoms with E-state index in [0.717, 1.165) is 0 Å². The molecule has 74 valence electrons. The number of benzene rings is 1. The van der Waals surface area contributed by atoms with Gasteiger partial charge in [0.2, 0.25) is 0 Å². The van der Waals surface area contributed by atoms with Crippen LogP contribution in [0.2, 0.25) is 0 Å². The van der Waals surface area contributed by atoms with Crippen molar-refractivity contribution in [2.75, 3.05) is 0 Å². The van der Waals surface area contributed by atoms with Gasteiger partial charge in [-0.3, -0.25) is 9.59 Å². The number of carboxylic acids is 1. The van der Waals surface area contributed by atoms with E-state index >= 15 is 0 Å². The molecule has 3 nitrogen and oxygen atoms in total. The zero-order chi connectivity index (χ0) is 10.7. The van der Waals surface area contributed by atoms with Crippen LogP contribution in [0.3, 0.4) is 0 Å². The van der Waals surface area contributed by atoms with Crippen molar-refractivity contribution >= 4 is 27.7 Å². The van der Waals surface area contributed by atoms with Crippen molar-refractivity contribution in [3.05, 3.63) is 34.3 Å². The van der Waals surface area contributed by atoms with Crippen LogP contribution in [0.4, 0.5) is 0 Å². The molecule has 0 bridgehead atoms. The van der Waals surface area contributed by atoms with Crippen molar-refractivity contribution in [3.8, 4) is 0 Å². The number of carboxylic acid groups (broad SMARTS) is 1. The van der Waals surface area contributed by atoms with Crippen LogP contribution in [-0.2, 0) is 9.59 Å². The molecule has 1 atom stereocenters. The molecule has 0 saturated heterocycles. The fourth-order valence-corrected chi connectivity index (χ4v) is 1.75. The van der Waals surface area contributed by atoms with Crippen molar-refractivity contribution in [1.29, 1.82) is 0 Å². The molecule has 0 radical (unpaired) electrons. The van der Waals surface area contributed by atoms with Crippen LogP contribution >= 0.6 is 15.9 Å². The van der Waals surface area contributed by atoms with Gasteiger partial charge >= 0.3 is 5.97 Å². The first-order chi connectivity index (χ1) is 6.54. The molecule has 1 rings (SSSR count). The van der Waals surface area contributed by atoms with Gasteiger partial charge in [0.1, 0.15) is 11.7 Å². The first-order valence-electron chi connectivity index (χ1n) is 4.01. The third kappa shape index (κ3) is 2.20. The lowest BCUT2D eigenvalue weighted by Crippen LogP contribution is -2.19. The highest BCUT2D eigenvalue weighted by molar-refractivity contribution is 9.10. The summed E-state index contributed by atoms with van der Waals surface area (Å²) in [6, 6.07) is 6.82. The van der Waals surface area contributed by atoms with E-state index in [1.807, 2.05) is 0 Å². The van der Waals surface area contributed by atoms with Gasteiger partial charge in [0, 0.05) is 4.47 Å². The summed E-state index contributed by atoms with van der Waals surface area (Å²) in [5, 5.41) is 8.88. The molecule has 1 N–H and O–H groups in total. The summed E-state index contributed by atoms with van der Waals surface area (Å²) < 4.78 is 0.641. The van der Waals surface area contributed by atoms with Crippen molar-refractivity contribution in [1.82, 2.24) is 0 Å². The predicted octanol–water partition coefficient (Wildman–Crippen LogP) is 2.21. The van der Waals surface area contributed by atoms with Gasteiger partial charge in [-0.05, 0) is 18.6 Å². The summed E-state index contributed by atoms with van der Waals surface area (Å²) in [7, 11) is 0. The summed E-state index contributed by atoms with van der Waals surface area (Å²) >= 11 is 3.22. The number of aliphatic carboxylic acids is 1. The third-order valence-corrected chi connectivity index (χ3v) is 2.59. The number of hydrogen-bond donors (Lipinski definition) is 1. The van der Waals surface area contributed by atoms with Gasteiger partial charge in [0.15, 0.2) is 0 Å². The minimum atomic E-state index is -1.12. The number of Topliss-reactive ketones (excluding diaryl/α,β-unsaturated/α-hetero) is 1. The first-order valence-corrected chi connectivity index (χ1v) is 4.81. The molecule has 4 heteroatoms. The zero-order valence-electron chi connectivity index (χ0n) is 7.53. The van der Waals surface area contributed by atoms with Crippen LogP contribution in [0.25, 0.3) is 0 Å². The molecule has 0 aliphatic rings. The summed E-state index contributed by atoms with van der Waals surface area (Å²) in [6.45, 7) is 1.28. The number of ketones is 1. The second-order valence-electron chi connectivity index (χ2n) is 2.90. The maximum Gasteiger partial charge on any atom is 0.318 e. The summed E-state index contributed by atoms with van der Waals surface area (Å²) in [5.41, 5.74) is 0.493. The van der Waals surface area contributed by atoms with E-state index in [1.54, 1.807) is 24.3 Å². The lowest BCUT2D eigenvalue weighted by molar-refractivity contribution is -0.142. The van der Waals surface area contributed by atoms with E-state index in [9.17, 15) is 9.59 Å². The first kappa shape index (κ1) is 10.9. The highest BCUT2D eigenvalue weighted by Gasteiger charge is 2.26. The van der Waals surface area contributed by atoms with Gasteiger partial charge in [-0.1, -0.05) is 34.1 Å². The molecule has 0 fully saturated rings. The van der Waals surface area contributed by atoms with Crippen molar-refractivity contribution in [2.24, 2.45) is 0 Å². The Morgan fingerprint density at radius 2 is 1.93 bits per heavy atom. The van der Waals surface area contributed by atoms with Gasteiger partial charge in [-0.25, -0.2) is 0 Å².